The topological polar surface area (TPSA) is 51.3 Å². The maximum absolute atomic E-state index is 11.8. The average Bonchev–Trinajstić information content (AvgIpc) is 2.31. The Kier molecular flexibility index (Phi) is 3.09. The highest BCUT2D eigenvalue weighted by Crippen LogP contribution is 2.15. The van der Waals surface area contributed by atoms with E-state index in [9.17, 15) is 4.79 Å². The lowest BCUT2D eigenvalue weighted by Gasteiger charge is -2.10. The summed E-state index contributed by atoms with van der Waals surface area (Å²) in [5, 5.41) is 0.520. The molecule has 0 aliphatic heterocycles. The molecule has 0 aliphatic carbocycles. The predicted octanol–water partition coefficient (Wildman–Crippen LogP) is 0.729. The lowest BCUT2D eigenvalue weighted by molar-refractivity contribution is 0.328. The van der Waals surface area contributed by atoms with Crippen LogP contribution in [0.2, 0.25) is 0 Å². The van der Waals surface area contributed by atoms with E-state index in [1.807, 2.05) is 6.92 Å². The van der Waals surface area contributed by atoms with Gasteiger partial charge in [0.05, 0.1) is 13.7 Å². The van der Waals surface area contributed by atoms with Crippen LogP contribution < -0.4 is 20.4 Å². The molecule has 5 heteroatoms. The number of fused-ring (bicyclic) bond motifs is 1. The number of aromatic nitrogens is 1. The van der Waals surface area contributed by atoms with Crippen molar-refractivity contribution < 1.29 is 9.47 Å². The highest BCUT2D eigenvalue weighted by molar-refractivity contribution is 6.40. The van der Waals surface area contributed by atoms with Gasteiger partial charge in [-0.1, -0.05) is 0 Å². The Morgan fingerprint density at radius 2 is 2.18 bits per heavy atom. The van der Waals surface area contributed by atoms with Crippen LogP contribution in [0.5, 0.6) is 11.6 Å². The number of ether oxygens (including phenoxy) is 2. The van der Waals surface area contributed by atoms with Crippen molar-refractivity contribution in [3.8, 4) is 11.6 Å². The number of rotatable bonds is 3. The van der Waals surface area contributed by atoms with Gasteiger partial charge in [-0.2, -0.15) is 0 Å². The summed E-state index contributed by atoms with van der Waals surface area (Å²) in [4.78, 5) is 14.8. The van der Waals surface area contributed by atoms with Gasteiger partial charge in [-0.15, -0.1) is 0 Å². The van der Waals surface area contributed by atoms with Crippen LogP contribution in [-0.2, 0) is 0 Å². The Morgan fingerprint density at radius 3 is 2.82 bits per heavy atom. The molecule has 86 valence electrons. The molecule has 0 fully saturated rings. The van der Waals surface area contributed by atoms with Crippen molar-refractivity contribution in [2.75, 3.05) is 13.7 Å². The van der Waals surface area contributed by atoms with E-state index in [0.717, 1.165) is 0 Å². The fraction of sp³-hybridized carbons (Fsp3) is 0.250. The summed E-state index contributed by atoms with van der Waals surface area (Å²) in [7, 11) is 7.44. The molecule has 1 heterocycles. The van der Waals surface area contributed by atoms with Crippen molar-refractivity contribution in [2.24, 2.45) is 0 Å². The maximum atomic E-state index is 11.8. The molecular weight excluding hydrogens is 217 g/mol. The second-order valence-corrected chi connectivity index (χ2v) is 3.53. The third-order valence-electron chi connectivity index (χ3n) is 2.50. The second-order valence-electron chi connectivity index (χ2n) is 3.53. The molecule has 2 aromatic rings. The molecule has 0 atom stereocenters. The Bertz CT molecular complexity index is 606. The Morgan fingerprint density at radius 1 is 1.41 bits per heavy atom. The van der Waals surface area contributed by atoms with E-state index in [4.69, 9.17) is 17.3 Å². The van der Waals surface area contributed by atoms with E-state index >= 15 is 0 Å². The molecule has 0 bridgehead atoms. The molecule has 1 aromatic heterocycles. The number of H-pyrrole nitrogens is 1. The molecule has 4 nitrogen and oxygen atoms in total. The molecule has 0 unspecified atom stereocenters. The molecule has 0 saturated carbocycles. The van der Waals surface area contributed by atoms with Gasteiger partial charge in [-0.25, -0.2) is 0 Å². The Hall–Kier alpha value is -1.91. The summed E-state index contributed by atoms with van der Waals surface area (Å²) in [6, 6.07) is 4.77. The lowest BCUT2D eigenvalue weighted by atomic mass is 9.92. The molecule has 0 aliphatic rings. The molecule has 2 radical (unpaired) electrons. The first-order chi connectivity index (χ1) is 8.17. The number of pyridine rings is 1. The first-order valence-electron chi connectivity index (χ1n) is 5.29. The molecule has 1 N–H and O–H groups in total. The quantitative estimate of drug-likeness (QED) is 0.789. The molecule has 0 saturated heterocycles. The van der Waals surface area contributed by atoms with Gasteiger partial charge < -0.3 is 14.5 Å². The molecule has 17 heavy (non-hydrogen) atoms. The predicted molar refractivity (Wildman–Crippen MR) is 67.7 cm³/mol. The molecule has 1 aromatic carbocycles. The summed E-state index contributed by atoms with van der Waals surface area (Å²) in [5.41, 5.74) is 0.820. The fourth-order valence-electron chi connectivity index (χ4n) is 1.71. The summed E-state index contributed by atoms with van der Waals surface area (Å²) < 4.78 is 10.4. The van der Waals surface area contributed by atoms with E-state index in [1.165, 1.54) is 13.2 Å². The van der Waals surface area contributed by atoms with Crippen molar-refractivity contribution in [3.63, 3.8) is 0 Å². The summed E-state index contributed by atoms with van der Waals surface area (Å²) in [5.74, 6) is 0.937. The number of nitrogens with one attached hydrogen (secondary N) is 1. The smallest absolute Gasteiger partial charge is 0.195 e. The SMILES string of the molecule is [B]c1c(OC)ccc2c(=O)cc(OCC)[nH]c12. The van der Waals surface area contributed by atoms with Crippen LogP contribution in [0.3, 0.4) is 0 Å². The third-order valence-corrected chi connectivity index (χ3v) is 2.50. The van der Waals surface area contributed by atoms with Gasteiger partial charge in [-0.05, 0) is 24.5 Å². The minimum absolute atomic E-state index is 0.128. The van der Waals surface area contributed by atoms with Gasteiger partial charge in [0, 0.05) is 17.0 Å². The van der Waals surface area contributed by atoms with Crippen LogP contribution in [0.4, 0.5) is 0 Å². The zero-order valence-electron chi connectivity index (χ0n) is 9.74. The summed E-state index contributed by atoms with van der Waals surface area (Å²) >= 11 is 0. The van der Waals surface area contributed by atoms with Crippen molar-refractivity contribution in [1.29, 1.82) is 0 Å². The highest BCUT2D eigenvalue weighted by Gasteiger charge is 2.08. The minimum Gasteiger partial charge on any atom is -0.497 e. The van der Waals surface area contributed by atoms with Crippen LogP contribution in [0.25, 0.3) is 10.9 Å². The highest BCUT2D eigenvalue weighted by atomic mass is 16.5. The van der Waals surface area contributed by atoms with Crippen molar-refractivity contribution in [3.05, 3.63) is 28.4 Å². The molecule has 0 amide bonds. The van der Waals surface area contributed by atoms with Gasteiger partial charge in [0.2, 0.25) is 0 Å². The lowest BCUT2D eigenvalue weighted by Crippen LogP contribution is -2.15. The van der Waals surface area contributed by atoms with E-state index in [-0.39, 0.29) is 5.43 Å². The zero-order chi connectivity index (χ0) is 12.4. The van der Waals surface area contributed by atoms with Crippen LogP contribution in [-0.4, -0.2) is 26.5 Å². The normalized spacial score (nSPS) is 10.5. The molecule has 0 spiro atoms. The number of aromatic amines is 1. The average molecular weight is 229 g/mol. The van der Waals surface area contributed by atoms with Crippen LogP contribution in [0, 0.1) is 0 Å². The first kappa shape index (κ1) is 11.6. The van der Waals surface area contributed by atoms with Gasteiger partial charge in [0.25, 0.3) is 0 Å². The maximum Gasteiger partial charge on any atom is 0.195 e. The van der Waals surface area contributed by atoms with Crippen LogP contribution >= 0.6 is 0 Å². The standard InChI is InChI=1S/C12H12BNO3/c1-3-17-10-6-8(15)7-4-5-9(16-2)11(13)12(7)14-10/h4-6H,3H2,1-2H3,(H,14,15). The van der Waals surface area contributed by atoms with E-state index in [2.05, 4.69) is 4.98 Å². The largest absolute Gasteiger partial charge is 0.497 e. The number of hydrogen-bond acceptors (Lipinski definition) is 3. The van der Waals surface area contributed by atoms with Crippen LogP contribution in [0.15, 0.2) is 23.0 Å². The van der Waals surface area contributed by atoms with E-state index in [1.54, 1.807) is 12.1 Å². The third kappa shape index (κ3) is 2.00. The van der Waals surface area contributed by atoms with Crippen molar-refractivity contribution >= 4 is 24.2 Å². The van der Waals surface area contributed by atoms with Gasteiger partial charge >= 0.3 is 0 Å². The fourth-order valence-corrected chi connectivity index (χ4v) is 1.71. The van der Waals surface area contributed by atoms with E-state index in [0.29, 0.717) is 34.6 Å². The number of methoxy groups -OCH3 is 1. The first-order valence-corrected chi connectivity index (χ1v) is 5.29. The second kappa shape index (κ2) is 4.53. The Labute approximate surface area is 100.0 Å². The number of benzene rings is 1. The van der Waals surface area contributed by atoms with Gasteiger partial charge in [0.15, 0.2) is 11.3 Å². The summed E-state index contributed by atoms with van der Waals surface area (Å²) in [6.07, 6.45) is 0. The van der Waals surface area contributed by atoms with E-state index < -0.39 is 0 Å². The Balaban J connectivity index is 2.74. The van der Waals surface area contributed by atoms with Gasteiger partial charge in [-0.3, -0.25) is 4.79 Å². The van der Waals surface area contributed by atoms with Crippen molar-refractivity contribution in [1.82, 2.24) is 4.98 Å². The molecular formula is C12H12BNO3. The monoisotopic (exact) mass is 229 g/mol. The zero-order valence-corrected chi connectivity index (χ0v) is 9.74. The number of hydrogen-bond donors (Lipinski definition) is 1. The minimum atomic E-state index is -0.128. The molecule has 2 rings (SSSR count). The van der Waals surface area contributed by atoms with Crippen molar-refractivity contribution in [2.45, 2.75) is 6.92 Å². The summed E-state index contributed by atoms with van der Waals surface area (Å²) in [6.45, 7) is 2.32. The van der Waals surface area contributed by atoms with Crippen LogP contribution in [0.1, 0.15) is 6.92 Å². The van der Waals surface area contributed by atoms with Gasteiger partial charge in [0.1, 0.15) is 13.6 Å².